The summed E-state index contributed by atoms with van der Waals surface area (Å²) in [5.41, 5.74) is 2.92. The number of anilines is 1. The first-order chi connectivity index (χ1) is 11.2. The van der Waals surface area contributed by atoms with E-state index in [0.717, 1.165) is 29.3 Å². The number of fused-ring (bicyclic) bond motifs is 1. The second-order valence-corrected chi connectivity index (χ2v) is 5.49. The standard InChI is InChI=1S/C19H18N2O2/c1-2-6-14-11-18(22)21-17-12-15(9-10-16(14)17)20-19(23)13-7-4-3-5-8-13/h3-5,7-12H,2,6H2,1H3,(H,20,23)(H,21,22). The van der Waals surface area contributed by atoms with Crippen molar-refractivity contribution < 1.29 is 4.79 Å². The van der Waals surface area contributed by atoms with Crippen molar-refractivity contribution in [2.24, 2.45) is 0 Å². The minimum Gasteiger partial charge on any atom is -0.322 e. The maximum Gasteiger partial charge on any atom is 0.255 e. The summed E-state index contributed by atoms with van der Waals surface area (Å²) in [6, 6.07) is 16.3. The normalized spacial score (nSPS) is 10.7. The van der Waals surface area contributed by atoms with Crippen molar-refractivity contribution >= 4 is 22.5 Å². The molecule has 4 heteroatoms. The molecule has 0 fully saturated rings. The first-order valence-electron chi connectivity index (χ1n) is 7.69. The molecule has 0 saturated heterocycles. The predicted molar refractivity (Wildman–Crippen MR) is 93.0 cm³/mol. The SMILES string of the molecule is CCCc1cc(=O)[nH]c2cc(NC(=O)c3ccccc3)ccc12. The summed E-state index contributed by atoms with van der Waals surface area (Å²) in [7, 11) is 0. The lowest BCUT2D eigenvalue weighted by molar-refractivity contribution is 0.102. The summed E-state index contributed by atoms with van der Waals surface area (Å²) in [4.78, 5) is 26.8. The zero-order valence-electron chi connectivity index (χ0n) is 12.9. The number of nitrogens with one attached hydrogen (secondary N) is 2. The van der Waals surface area contributed by atoms with E-state index in [-0.39, 0.29) is 11.5 Å². The summed E-state index contributed by atoms with van der Waals surface area (Å²) in [5.74, 6) is -0.169. The quantitative estimate of drug-likeness (QED) is 0.771. The van der Waals surface area contributed by atoms with Gasteiger partial charge in [-0.2, -0.15) is 0 Å². The molecule has 0 aliphatic carbocycles. The third-order valence-corrected chi connectivity index (χ3v) is 3.74. The first-order valence-corrected chi connectivity index (χ1v) is 7.69. The van der Waals surface area contributed by atoms with Crippen LogP contribution in [0.15, 0.2) is 59.4 Å². The summed E-state index contributed by atoms with van der Waals surface area (Å²) in [5, 5.41) is 3.88. The van der Waals surface area contributed by atoms with Gasteiger partial charge in [0.05, 0.1) is 5.52 Å². The number of aromatic nitrogens is 1. The van der Waals surface area contributed by atoms with Gasteiger partial charge in [0.1, 0.15) is 0 Å². The highest BCUT2D eigenvalue weighted by atomic mass is 16.1. The van der Waals surface area contributed by atoms with Crippen LogP contribution in [0.1, 0.15) is 29.3 Å². The average molecular weight is 306 g/mol. The molecule has 0 aliphatic heterocycles. The topological polar surface area (TPSA) is 62.0 Å². The third-order valence-electron chi connectivity index (χ3n) is 3.74. The Bertz CT molecular complexity index is 898. The number of H-pyrrole nitrogens is 1. The van der Waals surface area contributed by atoms with Gasteiger partial charge in [-0.05, 0) is 36.2 Å². The van der Waals surface area contributed by atoms with Crippen LogP contribution in [0.5, 0.6) is 0 Å². The third kappa shape index (κ3) is 3.31. The molecule has 1 heterocycles. The number of pyridine rings is 1. The van der Waals surface area contributed by atoms with Crippen LogP contribution in [0.25, 0.3) is 10.9 Å². The molecule has 0 saturated carbocycles. The fourth-order valence-corrected chi connectivity index (χ4v) is 2.68. The highest BCUT2D eigenvalue weighted by Crippen LogP contribution is 2.21. The van der Waals surface area contributed by atoms with Gasteiger partial charge in [-0.3, -0.25) is 9.59 Å². The Morgan fingerprint density at radius 2 is 1.87 bits per heavy atom. The monoisotopic (exact) mass is 306 g/mol. The molecular formula is C19H18N2O2. The van der Waals surface area contributed by atoms with E-state index in [0.29, 0.717) is 11.3 Å². The van der Waals surface area contributed by atoms with Gasteiger partial charge in [0.2, 0.25) is 5.56 Å². The number of hydrogen-bond acceptors (Lipinski definition) is 2. The molecule has 1 amide bonds. The van der Waals surface area contributed by atoms with Crippen molar-refractivity contribution in [2.75, 3.05) is 5.32 Å². The van der Waals surface area contributed by atoms with Gasteiger partial charge in [-0.15, -0.1) is 0 Å². The van der Waals surface area contributed by atoms with E-state index in [1.165, 1.54) is 0 Å². The average Bonchev–Trinajstić information content (AvgIpc) is 2.55. The second-order valence-electron chi connectivity index (χ2n) is 5.49. The maximum absolute atomic E-state index is 12.2. The van der Waals surface area contributed by atoms with Crippen LogP contribution < -0.4 is 10.9 Å². The molecule has 0 unspecified atom stereocenters. The van der Waals surface area contributed by atoms with Crippen LogP contribution in [0.3, 0.4) is 0 Å². The first kappa shape index (κ1) is 15.0. The van der Waals surface area contributed by atoms with E-state index in [1.54, 1.807) is 24.3 Å². The molecular weight excluding hydrogens is 288 g/mol. The minimum atomic E-state index is -0.169. The number of benzene rings is 2. The molecule has 0 atom stereocenters. The maximum atomic E-state index is 12.2. The van der Waals surface area contributed by atoms with Gasteiger partial charge in [0.25, 0.3) is 5.91 Å². The molecule has 116 valence electrons. The number of aromatic amines is 1. The number of amides is 1. The van der Waals surface area contributed by atoms with Crippen LogP contribution >= 0.6 is 0 Å². The molecule has 23 heavy (non-hydrogen) atoms. The minimum absolute atomic E-state index is 0.118. The Labute approximate surface area is 134 Å². The van der Waals surface area contributed by atoms with Crippen LogP contribution in [0.2, 0.25) is 0 Å². The Hall–Kier alpha value is -2.88. The lowest BCUT2D eigenvalue weighted by Crippen LogP contribution is -2.12. The summed E-state index contributed by atoms with van der Waals surface area (Å²) in [6.07, 6.45) is 1.83. The van der Waals surface area contributed by atoms with Crippen LogP contribution in [0.4, 0.5) is 5.69 Å². The van der Waals surface area contributed by atoms with Gasteiger partial charge in [0.15, 0.2) is 0 Å². The predicted octanol–water partition coefficient (Wildman–Crippen LogP) is 3.73. The number of carbonyl (C=O) groups excluding carboxylic acids is 1. The van der Waals surface area contributed by atoms with Gasteiger partial charge in [0, 0.05) is 22.7 Å². The Morgan fingerprint density at radius 3 is 2.61 bits per heavy atom. The van der Waals surface area contributed by atoms with E-state index in [2.05, 4.69) is 17.2 Å². The number of hydrogen-bond donors (Lipinski definition) is 2. The molecule has 0 aliphatic rings. The van der Waals surface area contributed by atoms with Gasteiger partial charge in [-0.1, -0.05) is 37.6 Å². The van der Waals surface area contributed by atoms with E-state index in [1.807, 2.05) is 30.3 Å². The van der Waals surface area contributed by atoms with Crippen LogP contribution in [0, 0.1) is 0 Å². The fraction of sp³-hybridized carbons (Fsp3) is 0.158. The lowest BCUT2D eigenvalue weighted by Gasteiger charge is -2.09. The molecule has 2 aromatic carbocycles. The van der Waals surface area contributed by atoms with Gasteiger partial charge in [-0.25, -0.2) is 0 Å². The fourth-order valence-electron chi connectivity index (χ4n) is 2.68. The number of carbonyl (C=O) groups is 1. The molecule has 3 aromatic rings. The van der Waals surface area contributed by atoms with Crippen molar-refractivity contribution in [3.05, 3.63) is 76.1 Å². The van der Waals surface area contributed by atoms with Crippen molar-refractivity contribution in [3.63, 3.8) is 0 Å². The summed E-state index contributed by atoms with van der Waals surface area (Å²) in [6.45, 7) is 2.08. The highest BCUT2D eigenvalue weighted by Gasteiger charge is 2.08. The zero-order chi connectivity index (χ0) is 16.2. The van der Waals surface area contributed by atoms with Crippen LogP contribution in [-0.2, 0) is 6.42 Å². The van der Waals surface area contributed by atoms with Crippen LogP contribution in [-0.4, -0.2) is 10.9 Å². The molecule has 1 aromatic heterocycles. The van der Waals surface area contributed by atoms with Crippen molar-refractivity contribution in [3.8, 4) is 0 Å². The smallest absolute Gasteiger partial charge is 0.255 e. The summed E-state index contributed by atoms with van der Waals surface area (Å²) < 4.78 is 0. The Kier molecular flexibility index (Phi) is 4.24. The second kappa shape index (κ2) is 6.48. The summed E-state index contributed by atoms with van der Waals surface area (Å²) >= 11 is 0. The van der Waals surface area contributed by atoms with E-state index in [4.69, 9.17) is 0 Å². The molecule has 0 bridgehead atoms. The molecule has 2 N–H and O–H groups in total. The Morgan fingerprint density at radius 1 is 1.09 bits per heavy atom. The van der Waals surface area contributed by atoms with E-state index in [9.17, 15) is 9.59 Å². The zero-order valence-corrected chi connectivity index (χ0v) is 12.9. The lowest BCUT2D eigenvalue weighted by atomic mass is 10.0. The number of rotatable bonds is 4. The largest absolute Gasteiger partial charge is 0.322 e. The van der Waals surface area contributed by atoms with E-state index >= 15 is 0 Å². The molecule has 0 radical (unpaired) electrons. The number of aryl methyl sites for hydroxylation is 1. The highest BCUT2D eigenvalue weighted by molar-refractivity contribution is 6.05. The molecule has 4 nitrogen and oxygen atoms in total. The van der Waals surface area contributed by atoms with E-state index < -0.39 is 0 Å². The van der Waals surface area contributed by atoms with Crippen molar-refractivity contribution in [1.82, 2.24) is 4.98 Å². The van der Waals surface area contributed by atoms with Crippen molar-refractivity contribution in [1.29, 1.82) is 0 Å². The molecule has 3 rings (SSSR count). The Balaban J connectivity index is 1.94. The van der Waals surface area contributed by atoms with Gasteiger partial charge >= 0.3 is 0 Å². The molecule has 0 spiro atoms. The van der Waals surface area contributed by atoms with Crippen molar-refractivity contribution in [2.45, 2.75) is 19.8 Å². The van der Waals surface area contributed by atoms with Gasteiger partial charge < -0.3 is 10.3 Å².